The van der Waals surface area contributed by atoms with Gasteiger partial charge in [-0.15, -0.1) is 0 Å². The van der Waals surface area contributed by atoms with E-state index in [0.717, 1.165) is 28.5 Å². The number of aromatic nitrogens is 2. The molecular formula is C20H23N5O4. The summed E-state index contributed by atoms with van der Waals surface area (Å²) >= 11 is 0. The summed E-state index contributed by atoms with van der Waals surface area (Å²) in [6.45, 7) is 1.03. The van der Waals surface area contributed by atoms with Gasteiger partial charge in [-0.05, 0) is 67.4 Å². The first kappa shape index (κ1) is 20.2. The van der Waals surface area contributed by atoms with E-state index in [4.69, 9.17) is 11.5 Å². The maximum atomic E-state index is 10.9. The number of nitro benzene ring substituents is 1. The maximum Gasteiger partial charge on any atom is 0.320 e. The van der Waals surface area contributed by atoms with E-state index in [1.165, 1.54) is 6.07 Å². The van der Waals surface area contributed by atoms with Gasteiger partial charge in [0.25, 0.3) is 0 Å². The van der Waals surface area contributed by atoms with Crippen molar-refractivity contribution in [2.75, 3.05) is 13.1 Å². The lowest BCUT2D eigenvalue weighted by Crippen LogP contribution is -2.02. The average molecular weight is 397 g/mol. The molecule has 0 radical (unpaired) electrons. The van der Waals surface area contributed by atoms with Gasteiger partial charge in [0.1, 0.15) is 5.75 Å². The Morgan fingerprint density at radius 3 is 2.24 bits per heavy atom. The number of fused-ring (bicyclic) bond motifs is 2. The molecule has 0 amide bonds. The fraction of sp³-hybridized carbons (Fsp3) is 0.200. The number of nitrogens with one attached hydrogen (secondary N) is 2. The lowest BCUT2D eigenvalue weighted by atomic mass is 10.1. The number of H-pyrrole nitrogens is 2. The number of rotatable bonds is 5. The molecule has 0 aliphatic carbocycles. The van der Waals surface area contributed by atoms with Gasteiger partial charge < -0.3 is 31.6 Å². The summed E-state index contributed by atoms with van der Waals surface area (Å²) in [6.07, 6.45) is 4.99. The number of nitrogens with zero attached hydrogens (tertiary/aromatic N) is 1. The lowest BCUT2D eigenvalue weighted by Gasteiger charge is -2.00. The topological polar surface area (TPSA) is 167 Å². The zero-order chi connectivity index (χ0) is 21.0. The number of nitro groups is 1. The van der Waals surface area contributed by atoms with Crippen LogP contribution in [0.5, 0.6) is 11.5 Å². The molecule has 0 aliphatic rings. The van der Waals surface area contributed by atoms with Gasteiger partial charge in [-0.3, -0.25) is 10.1 Å². The first-order valence-corrected chi connectivity index (χ1v) is 9.11. The van der Waals surface area contributed by atoms with E-state index in [0.29, 0.717) is 36.2 Å². The van der Waals surface area contributed by atoms with Crippen LogP contribution in [-0.2, 0) is 12.8 Å². The van der Waals surface area contributed by atoms with E-state index in [1.54, 1.807) is 24.4 Å². The predicted octanol–water partition coefficient (Wildman–Crippen LogP) is 2.66. The largest absolute Gasteiger partial charge is 0.508 e. The van der Waals surface area contributed by atoms with Crippen molar-refractivity contribution in [1.29, 1.82) is 0 Å². The molecule has 9 heteroatoms. The SMILES string of the molecule is NCCc1c[nH]c2ccc(O)c([N+](=O)[O-])c12.NCCc1c[nH]c2ccc(O)cc12. The van der Waals surface area contributed by atoms with Gasteiger partial charge in [-0.25, -0.2) is 0 Å². The monoisotopic (exact) mass is 397 g/mol. The molecule has 2 heterocycles. The van der Waals surface area contributed by atoms with Crippen LogP contribution in [0.2, 0.25) is 0 Å². The Morgan fingerprint density at radius 2 is 1.55 bits per heavy atom. The highest BCUT2D eigenvalue weighted by molar-refractivity contribution is 5.94. The Morgan fingerprint density at radius 1 is 0.931 bits per heavy atom. The molecule has 4 rings (SSSR count). The van der Waals surface area contributed by atoms with E-state index in [1.807, 2.05) is 12.3 Å². The Labute approximate surface area is 166 Å². The van der Waals surface area contributed by atoms with Crippen molar-refractivity contribution in [2.45, 2.75) is 12.8 Å². The number of benzene rings is 2. The van der Waals surface area contributed by atoms with E-state index in [2.05, 4.69) is 9.97 Å². The minimum atomic E-state index is -0.578. The predicted molar refractivity (Wildman–Crippen MR) is 112 cm³/mol. The van der Waals surface area contributed by atoms with Crippen LogP contribution in [0.4, 0.5) is 5.69 Å². The molecule has 4 aromatic rings. The summed E-state index contributed by atoms with van der Waals surface area (Å²) in [5.41, 5.74) is 14.2. The van der Waals surface area contributed by atoms with Gasteiger partial charge in [-0.2, -0.15) is 0 Å². The molecule has 0 saturated heterocycles. The molecule has 0 unspecified atom stereocenters. The minimum Gasteiger partial charge on any atom is -0.508 e. The Balaban J connectivity index is 0.000000169. The van der Waals surface area contributed by atoms with E-state index in [-0.39, 0.29) is 11.4 Å². The van der Waals surface area contributed by atoms with Crippen LogP contribution in [0, 0.1) is 10.1 Å². The number of nitrogens with two attached hydrogens (primary N) is 2. The van der Waals surface area contributed by atoms with Crippen molar-refractivity contribution in [2.24, 2.45) is 11.5 Å². The average Bonchev–Trinajstić information content (AvgIpc) is 3.27. The molecular weight excluding hydrogens is 374 g/mol. The molecule has 9 nitrogen and oxygen atoms in total. The van der Waals surface area contributed by atoms with E-state index in [9.17, 15) is 20.3 Å². The molecule has 0 spiro atoms. The highest BCUT2D eigenvalue weighted by Gasteiger charge is 2.21. The van der Waals surface area contributed by atoms with Gasteiger partial charge in [0.15, 0.2) is 5.75 Å². The molecule has 2 aromatic carbocycles. The second-order valence-corrected chi connectivity index (χ2v) is 6.55. The summed E-state index contributed by atoms with van der Waals surface area (Å²) in [5, 5.41) is 31.2. The summed E-state index contributed by atoms with van der Waals surface area (Å²) in [5.74, 6) is -0.0271. The number of aromatic hydroxyl groups is 2. The summed E-state index contributed by atoms with van der Waals surface area (Å²) in [7, 11) is 0. The second-order valence-electron chi connectivity index (χ2n) is 6.55. The minimum absolute atomic E-state index is 0.262. The maximum absolute atomic E-state index is 10.9. The van der Waals surface area contributed by atoms with Crippen molar-refractivity contribution in [1.82, 2.24) is 9.97 Å². The first-order valence-electron chi connectivity index (χ1n) is 9.11. The number of hydrogen-bond acceptors (Lipinski definition) is 6. The van der Waals surface area contributed by atoms with Crippen molar-refractivity contribution in [3.05, 3.63) is 64.0 Å². The first-order chi connectivity index (χ1) is 14.0. The molecule has 0 fully saturated rings. The molecule has 8 N–H and O–H groups in total. The highest BCUT2D eigenvalue weighted by atomic mass is 16.6. The molecule has 0 saturated carbocycles. The molecule has 0 aliphatic heterocycles. The van der Waals surface area contributed by atoms with E-state index >= 15 is 0 Å². The van der Waals surface area contributed by atoms with Crippen LogP contribution in [0.3, 0.4) is 0 Å². The Hall–Kier alpha value is -3.56. The van der Waals surface area contributed by atoms with Crippen molar-refractivity contribution < 1.29 is 15.1 Å². The van der Waals surface area contributed by atoms with Crippen LogP contribution in [0.1, 0.15) is 11.1 Å². The lowest BCUT2D eigenvalue weighted by molar-refractivity contribution is -0.384. The fourth-order valence-electron chi connectivity index (χ4n) is 3.33. The van der Waals surface area contributed by atoms with Gasteiger partial charge in [-0.1, -0.05) is 0 Å². The molecule has 0 bridgehead atoms. The summed E-state index contributed by atoms with van der Waals surface area (Å²) in [4.78, 5) is 16.4. The number of hydrogen-bond donors (Lipinski definition) is 6. The third-order valence-electron chi connectivity index (χ3n) is 4.64. The zero-order valence-electron chi connectivity index (χ0n) is 15.7. The number of aromatic amines is 2. The standard InChI is InChI=1S/C10H11N3O3.C10H12N2O/c11-4-3-6-5-12-7-1-2-8(14)10(9(6)7)13(15)16;11-4-3-7-6-12-10-2-1-8(13)5-9(7)10/h1-2,5,12,14H,3-4,11H2;1-2,5-6,12-13H,3-4,11H2. The van der Waals surface area contributed by atoms with Gasteiger partial charge >= 0.3 is 5.69 Å². The van der Waals surface area contributed by atoms with Gasteiger partial charge in [0.2, 0.25) is 0 Å². The van der Waals surface area contributed by atoms with Crippen LogP contribution in [0.15, 0.2) is 42.7 Å². The van der Waals surface area contributed by atoms with Crippen LogP contribution >= 0.6 is 0 Å². The third kappa shape index (κ3) is 4.15. The third-order valence-corrected chi connectivity index (χ3v) is 4.64. The molecule has 152 valence electrons. The quantitative estimate of drug-likeness (QED) is 0.223. The Kier molecular flexibility index (Phi) is 6.01. The zero-order valence-corrected chi connectivity index (χ0v) is 15.7. The van der Waals surface area contributed by atoms with Crippen LogP contribution < -0.4 is 11.5 Å². The normalized spacial score (nSPS) is 10.8. The Bertz CT molecular complexity index is 1150. The smallest absolute Gasteiger partial charge is 0.320 e. The van der Waals surface area contributed by atoms with Gasteiger partial charge in [0, 0.05) is 23.3 Å². The molecule has 0 atom stereocenters. The molecule has 2 aromatic heterocycles. The number of phenols is 2. The van der Waals surface area contributed by atoms with Gasteiger partial charge in [0.05, 0.1) is 15.8 Å². The number of phenolic OH excluding ortho intramolecular Hbond substituents is 2. The fourth-order valence-corrected chi connectivity index (χ4v) is 3.33. The summed E-state index contributed by atoms with van der Waals surface area (Å²) < 4.78 is 0. The van der Waals surface area contributed by atoms with Crippen molar-refractivity contribution in [3.63, 3.8) is 0 Å². The van der Waals surface area contributed by atoms with Crippen molar-refractivity contribution >= 4 is 27.5 Å². The van der Waals surface area contributed by atoms with Crippen molar-refractivity contribution in [3.8, 4) is 11.5 Å². The second kappa shape index (κ2) is 8.63. The van der Waals surface area contributed by atoms with E-state index < -0.39 is 4.92 Å². The van der Waals surface area contributed by atoms with Crippen LogP contribution in [0.25, 0.3) is 21.8 Å². The summed E-state index contributed by atoms with van der Waals surface area (Å²) in [6, 6.07) is 8.22. The van der Waals surface area contributed by atoms with Crippen LogP contribution in [-0.4, -0.2) is 38.2 Å². The molecule has 29 heavy (non-hydrogen) atoms. The highest BCUT2D eigenvalue weighted by Crippen LogP contribution is 2.36.